The van der Waals surface area contributed by atoms with Crippen molar-refractivity contribution in [1.82, 2.24) is 0 Å². The number of allylic oxidation sites excluding steroid dienone is 1. The number of carbonyl (C=O) groups is 1. The van der Waals surface area contributed by atoms with E-state index < -0.39 is 0 Å². The van der Waals surface area contributed by atoms with Gasteiger partial charge in [0.1, 0.15) is 0 Å². The Morgan fingerprint density at radius 2 is 2.06 bits per heavy atom. The van der Waals surface area contributed by atoms with Crippen LogP contribution in [0.3, 0.4) is 0 Å². The van der Waals surface area contributed by atoms with Crippen molar-refractivity contribution in [3.8, 4) is 11.5 Å². The van der Waals surface area contributed by atoms with E-state index in [1.165, 1.54) is 20.1 Å². The quantitative estimate of drug-likeness (QED) is 0.849. The van der Waals surface area contributed by atoms with E-state index in [-0.39, 0.29) is 11.5 Å². The fourth-order valence-electron chi connectivity index (χ4n) is 1.10. The molecule has 1 aromatic carbocycles. The van der Waals surface area contributed by atoms with Crippen LogP contribution in [-0.2, 0) is 4.79 Å². The van der Waals surface area contributed by atoms with Gasteiger partial charge in [0.05, 0.1) is 11.6 Å². The largest absolute Gasteiger partial charge is 0.503 e. The van der Waals surface area contributed by atoms with Gasteiger partial charge < -0.3 is 9.84 Å². The SMILES string of the molecule is COc1cc(/C=C/C(C)=O)c(Br)c(Br)c1O. The van der Waals surface area contributed by atoms with Crippen LogP contribution in [0.5, 0.6) is 11.5 Å². The third-order valence-corrected chi connectivity index (χ3v) is 4.05. The van der Waals surface area contributed by atoms with E-state index in [1.807, 2.05) is 0 Å². The Kier molecular flexibility index (Phi) is 4.56. The number of hydrogen-bond donors (Lipinski definition) is 1. The zero-order chi connectivity index (χ0) is 12.3. The monoisotopic (exact) mass is 348 g/mol. The van der Waals surface area contributed by atoms with Gasteiger partial charge in [-0.15, -0.1) is 0 Å². The van der Waals surface area contributed by atoms with Gasteiger partial charge in [-0.1, -0.05) is 6.08 Å². The number of halogens is 2. The predicted molar refractivity (Wildman–Crippen MR) is 69.8 cm³/mol. The Morgan fingerprint density at radius 1 is 1.44 bits per heavy atom. The molecule has 0 heterocycles. The van der Waals surface area contributed by atoms with Crippen LogP contribution in [0.4, 0.5) is 0 Å². The van der Waals surface area contributed by atoms with E-state index in [4.69, 9.17) is 4.74 Å². The fraction of sp³-hybridized carbons (Fsp3) is 0.182. The van der Waals surface area contributed by atoms with Crippen LogP contribution in [0.25, 0.3) is 6.08 Å². The number of hydrogen-bond acceptors (Lipinski definition) is 3. The van der Waals surface area contributed by atoms with Crippen LogP contribution in [-0.4, -0.2) is 18.0 Å². The smallest absolute Gasteiger partial charge is 0.173 e. The number of aromatic hydroxyl groups is 1. The molecule has 0 saturated heterocycles. The molecule has 5 heteroatoms. The molecule has 0 bridgehead atoms. The van der Waals surface area contributed by atoms with Crippen molar-refractivity contribution in [3.63, 3.8) is 0 Å². The topological polar surface area (TPSA) is 46.5 Å². The standard InChI is InChI=1S/C11H10Br2O3/c1-6(14)3-4-7-5-8(16-2)11(15)10(13)9(7)12/h3-5,15H,1-2H3/b4-3+. The Bertz CT molecular complexity index is 453. The highest BCUT2D eigenvalue weighted by Gasteiger charge is 2.13. The van der Waals surface area contributed by atoms with Crippen molar-refractivity contribution in [2.75, 3.05) is 7.11 Å². The average Bonchev–Trinajstić information content (AvgIpc) is 2.25. The van der Waals surface area contributed by atoms with Crippen molar-refractivity contribution in [3.05, 3.63) is 26.7 Å². The molecule has 0 unspecified atom stereocenters. The van der Waals surface area contributed by atoms with Crippen LogP contribution in [0.15, 0.2) is 21.1 Å². The van der Waals surface area contributed by atoms with Gasteiger partial charge in [-0.05, 0) is 56.5 Å². The van der Waals surface area contributed by atoms with Gasteiger partial charge in [0.15, 0.2) is 17.3 Å². The highest BCUT2D eigenvalue weighted by molar-refractivity contribution is 9.13. The first-order valence-corrected chi connectivity index (χ1v) is 5.99. The van der Waals surface area contributed by atoms with Crippen LogP contribution in [0, 0.1) is 0 Å². The molecule has 0 spiro atoms. The Balaban J connectivity index is 3.30. The Hall–Kier alpha value is -0.810. The van der Waals surface area contributed by atoms with Crippen molar-refractivity contribution in [2.24, 2.45) is 0 Å². The van der Waals surface area contributed by atoms with Crippen LogP contribution in [0.1, 0.15) is 12.5 Å². The molecule has 1 aromatic rings. The molecule has 0 atom stereocenters. The van der Waals surface area contributed by atoms with E-state index in [1.54, 1.807) is 12.1 Å². The molecule has 3 nitrogen and oxygen atoms in total. The lowest BCUT2D eigenvalue weighted by Gasteiger charge is -2.09. The summed E-state index contributed by atoms with van der Waals surface area (Å²) >= 11 is 6.55. The molecule has 86 valence electrons. The number of phenols is 1. The number of ketones is 1. The second-order valence-electron chi connectivity index (χ2n) is 3.09. The molecule has 16 heavy (non-hydrogen) atoms. The van der Waals surface area contributed by atoms with E-state index in [2.05, 4.69) is 31.9 Å². The molecule has 0 fully saturated rings. The van der Waals surface area contributed by atoms with Crippen molar-refractivity contribution >= 4 is 43.7 Å². The maximum atomic E-state index is 10.8. The number of rotatable bonds is 3. The number of carbonyl (C=O) groups excluding carboxylic acids is 1. The summed E-state index contributed by atoms with van der Waals surface area (Å²) in [4.78, 5) is 10.8. The first-order valence-electron chi connectivity index (χ1n) is 4.41. The summed E-state index contributed by atoms with van der Waals surface area (Å²) in [5, 5.41) is 9.69. The second-order valence-corrected chi connectivity index (χ2v) is 4.67. The molecule has 1 rings (SSSR count). The molecule has 0 aliphatic rings. The van der Waals surface area contributed by atoms with Crippen molar-refractivity contribution < 1.29 is 14.6 Å². The van der Waals surface area contributed by atoms with Gasteiger partial charge >= 0.3 is 0 Å². The minimum atomic E-state index is -0.0462. The van der Waals surface area contributed by atoms with E-state index in [0.717, 1.165) is 5.56 Å². The summed E-state index contributed by atoms with van der Waals surface area (Å²) < 4.78 is 6.17. The van der Waals surface area contributed by atoms with Gasteiger partial charge in [-0.3, -0.25) is 4.79 Å². The summed E-state index contributed by atoms with van der Waals surface area (Å²) in [7, 11) is 1.47. The number of methoxy groups -OCH3 is 1. The third kappa shape index (κ3) is 2.86. The summed E-state index contributed by atoms with van der Waals surface area (Å²) in [6, 6.07) is 1.64. The summed E-state index contributed by atoms with van der Waals surface area (Å²) in [6.07, 6.45) is 3.10. The highest BCUT2D eigenvalue weighted by atomic mass is 79.9. The summed E-state index contributed by atoms with van der Waals surface area (Å²) in [5.41, 5.74) is 0.747. The highest BCUT2D eigenvalue weighted by Crippen LogP contribution is 2.42. The van der Waals surface area contributed by atoms with Gasteiger partial charge in [0, 0.05) is 4.47 Å². The normalized spacial score (nSPS) is 10.8. The summed E-state index contributed by atoms with van der Waals surface area (Å²) in [5.74, 6) is 0.322. The minimum absolute atomic E-state index is 0.0225. The molecular weight excluding hydrogens is 340 g/mol. The maximum absolute atomic E-state index is 10.8. The fourth-order valence-corrected chi connectivity index (χ4v) is 1.95. The number of benzene rings is 1. The molecule has 0 radical (unpaired) electrons. The first-order chi connectivity index (χ1) is 7.47. The van der Waals surface area contributed by atoms with Crippen LogP contribution in [0.2, 0.25) is 0 Å². The molecular formula is C11H10Br2O3. The van der Waals surface area contributed by atoms with Gasteiger partial charge in [0.25, 0.3) is 0 Å². The molecule has 1 N–H and O–H groups in total. The lowest BCUT2D eigenvalue weighted by molar-refractivity contribution is -0.112. The number of phenolic OH excluding ortho intramolecular Hbond substituents is 1. The van der Waals surface area contributed by atoms with Gasteiger partial charge in [0.2, 0.25) is 0 Å². The lowest BCUT2D eigenvalue weighted by atomic mass is 10.1. The van der Waals surface area contributed by atoms with Crippen molar-refractivity contribution in [1.29, 1.82) is 0 Å². The first kappa shape index (κ1) is 13.3. The van der Waals surface area contributed by atoms with Gasteiger partial charge in [-0.2, -0.15) is 0 Å². The van der Waals surface area contributed by atoms with E-state index in [9.17, 15) is 9.90 Å². The zero-order valence-electron chi connectivity index (χ0n) is 8.75. The summed E-state index contributed by atoms with van der Waals surface area (Å²) in [6.45, 7) is 1.47. The Labute approximate surface area is 110 Å². The average molecular weight is 350 g/mol. The molecule has 0 saturated carbocycles. The Morgan fingerprint density at radius 3 is 2.56 bits per heavy atom. The maximum Gasteiger partial charge on any atom is 0.173 e. The molecule has 0 aliphatic carbocycles. The second kappa shape index (κ2) is 5.50. The van der Waals surface area contributed by atoms with Crippen molar-refractivity contribution in [2.45, 2.75) is 6.92 Å². The minimum Gasteiger partial charge on any atom is -0.503 e. The number of ether oxygens (including phenoxy) is 1. The van der Waals surface area contributed by atoms with Crippen LogP contribution >= 0.6 is 31.9 Å². The van der Waals surface area contributed by atoms with Gasteiger partial charge in [-0.25, -0.2) is 0 Å². The predicted octanol–water partition coefficient (Wildman–Crippen LogP) is 3.53. The zero-order valence-corrected chi connectivity index (χ0v) is 11.9. The lowest BCUT2D eigenvalue weighted by Crippen LogP contribution is -1.89. The van der Waals surface area contributed by atoms with E-state index >= 15 is 0 Å². The third-order valence-electron chi connectivity index (χ3n) is 1.89. The molecule has 0 aliphatic heterocycles. The van der Waals surface area contributed by atoms with E-state index in [0.29, 0.717) is 14.7 Å². The van der Waals surface area contributed by atoms with Crippen LogP contribution < -0.4 is 4.74 Å². The molecule has 0 amide bonds. The molecule has 0 aromatic heterocycles.